The standard InChI is InChI=1S/C16H21ClN8O2/c1-3-25-15-13(23-24-25)14(21-16(22-15)20-6-8(2)18)19-7-10-11(26)4-9(17)5-12(10)27/h4-5,8,26-27H,3,6-7,18H2,1-2H3,(H2,19,20,21,22). The van der Waals surface area contributed by atoms with E-state index in [-0.39, 0.29) is 29.1 Å². The third-order valence-corrected chi connectivity index (χ3v) is 4.06. The van der Waals surface area contributed by atoms with Crippen LogP contribution < -0.4 is 16.4 Å². The molecular formula is C16H21ClN8O2. The first-order chi connectivity index (χ1) is 12.9. The second-order valence-corrected chi connectivity index (χ2v) is 6.54. The van der Waals surface area contributed by atoms with Gasteiger partial charge >= 0.3 is 0 Å². The normalized spacial score (nSPS) is 12.3. The molecule has 27 heavy (non-hydrogen) atoms. The fourth-order valence-electron chi connectivity index (χ4n) is 2.49. The molecule has 3 rings (SSSR count). The molecule has 0 aliphatic heterocycles. The van der Waals surface area contributed by atoms with Gasteiger partial charge in [0.2, 0.25) is 5.95 Å². The van der Waals surface area contributed by atoms with Gasteiger partial charge < -0.3 is 26.6 Å². The quantitative estimate of drug-likeness (QED) is 0.405. The largest absolute Gasteiger partial charge is 0.507 e. The molecule has 2 aromatic heterocycles. The van der Waals surface area contributed by atoms with E-state index in [9.17, 15) is 10.2 Å². The summed E-state index contributed by atoms with van der Waals surface area (Å²) >= 11 is 5.82. The molecule has 0 fully saturated rings. The summed E-state index contributed by atoms with van der Waals surface area (Å²) in [6, 6.07) is 2.64. The monoisotopic (exact) mass is 392 g/mol. The minimum Gasteiger partial charge on any atom is -0.507 e. The van der Waals surface area contributed by atoms with Gasteiger partial charge in [0, 0.05) is 30.7 Å². The van der Waals surface area contributed by atoms with Gasteiger partial charge in [0.15, 0.2) is 17.0 Å². The van der Waals surface area contributed by atoms with Crippen molar-refractivity contribution in [2.45, 2.75) is 33.0 Å². The van der Waals surface area contributed by atoms with Crippen molar-refractivity contribution in [3.8, 4) is 11.5 Å². The number of nitrogens with zero attached hydrogens (tertiary/aromatic N) is 5. The van der Waals surface area contributed by atoms with Gasteiger partial charge in [0.05, 0.1) is 5.56 Å². The van der Waals surface area contributed by atoms with E-state index in [4.69, 9.17) is 17.3 Å². The number of halogens is 1. The van der Waals surface area contributed by atoms with E-state index in [0.717, 1.165) is 0 Å². The topological polar surface area (TPSA) is 147 Å². The number of benzene rings is 1. The maximum Gasteiger partial charge on any atom is 0.226 e. The minimum atomic E-state index is -0.120. The summed E-state index contributed by atoms with van der Waals surface area (Å²) in [4.78, 5) is 8.86. The molecule has 3 aromatic rings. The number of aromatic nitrogens is 5. The third kappa shape index (κ3) is 4.12. The molecule has 0 spiro atoms. The number of nitrogens with two attached hydrogens (primary N) is 1. The molecule has 0 aliphatic rings. The molecule has 0 saturated heterocycles. The van der Waals surface area contributed by atoms with E-state index < -0.39 is 0 Å². The van der Waals surface area contributed by atoms with Crippen LogP contribution in [0.5, 0.6) is 11.5 Å². The Morgan fingerprint density at radius 2 is 1.93 bits per heavy atom. The SMILES string of the molecule is CCn1nnc2c(NCc3c(O)cc(Cl)cc3O)nc(NCC(C)N)nc21. The van der Waals surface area contributed by atoms with Crippen LogP contribution in [0.2, 0.25) is 5.02 Å². The van der Waals surface area contributed by atoms with Crippen LogP contribution in [0.25, 0.3) is 11.2 Å². The van der Waals surface area contributed by atoms with E-state index in [1.165, 1.54) is 12.1 Å². The number of fused-ring (bicyclic) bond motifs is 1. The second kappa shape index (κ2) is 7.80. The van der Waals surface area contributed by atoms with Crippen LogP contribution in [0.3, 0.4) is 0 Å². The fourth-order valence-corrected chi connectivity index (χ4v) is 2.69. The predicted molar refractivity (Wildman–Crippen MR) is 103 cm³/mol. The molecule has 1 aromatic carbocycles. The van der Waals surface area contributed by atoms with E-state index in [0.29, 0.717) is 41.6 Å². The molecule has 2 heterocycles. The Hall–Kier alpha value is -2.85. The van der Waals surface area contributed by atoms with Gasteiger partial charge in [-0.1, -0.05) is 16.8 Å². The van der Waals surface area contributed by atoms with Crippen molar-refractivity contribution >= 4 is 34.5 Å². The van der Waals surface area contributed by atoms with Crippen LogP contribution in [0.1, 0.15) is 19.4 Å². The Kier molecular flexibility index (Phi) is 5.47. The van der Waals surface area contributed by atoms with E-state index in [1.807, 2.05) is 13.8 Å². The van der Waals surface area contributed by atoms with Gasteiger partial charge in [-0.3, -0.25) is 0 Å². The van der Waals surface area contributed by atoms with E-state index in [1.54, 1.807) is 4.68 Å². The average molecular weight is 393 g/mol. The lowest BCUT2D eigenvalue weighted by atomic mass is 10.1. The first-order valence-electron chi connectivity index (χ1n) is 8.44. The maximum atomic E-state index is 10.0. The lowest BCUT2D eigenvalue weighted by Crippen LogP contribution is -2.26. The summed E-state index contributed by atoms with van der Waals surface area (Å²) in [5.41, 5.74) is 7.11. The van der Waals surface area contributed by atoms with Crippen LogP contribution in [-0.2, 0) is 13.1 Å². The lowest BCUT2D eigenvalue weighted by molar-refractivity contribution is 0.440. The molecule has 0 aliphatic carbocycles. The van der Waals surface area contributed by atoms with Crippen LogP contribution >= 0.6 is 11.6 Å². The zero-order valence-electron chi connectivity index (χ0n) is 14.9. The van der Waals surface area contributed by atoms with Gasteiger partial charge in [-0.05, 0) is 26.0 Å². The predicted octanol–water partition coefficient (Wildman–Crippen LogP) is 1.68. The number of aryl methyl sites for hydroxylation is 1. The first-order valence-corrected chi connectivity index (χ1v) is 8.81. The number of rotatable bonds is 7. The molecular weight excluding hydrogens is 372 g/mol. The number of nitrogens with one attached hydrogen (secondary N) is 2. The molecule has 6 N–H and O–H groups in total. The van der Waals surface area contributed by atoms with Gasteiger partial charge in [-0.25, -0.2) is 4.68 Å². The molecule has 11 heteroatoms. The minimum absolute atomic E-state index is 0.0714. The zero-order chi connectivity index (χ0) is 19.6. The smallest absolute Gasteiger partial charge is 0.226 e. The Labute approximate surface area is 160 Å². The fraction of sp³-hybridized carbons (Fsp3) is 0.375. The highest BCUT2D eigenvalue weighted by atomic mass is 35.5. The second-order valence-electron chi connectivity index (χ2n) is 6.11. The summed E-state index contributed by atoms with van der Waals surface area (Å²) in [5, 5.41) is 34.6. The summed E-state index contributed by atoms with van der Waals surface area (Å²) in [7, 11) is 0. The van der Waals surface area contributed by atoms with Crippen molar-refractivity contribution in [3.05, 3.63) is 22.7 Å². The van der Waals surface area contributed by atoms with Gasteiger partial charge in [0.1, 0.15) is 11.5 Å². The number of hydrogen-bond acceptors (Lipinski definition) is 9. The summed E-state index contributed by atoms with van der Waals surface area (Å²) in [6.07, 6.45) is 0. The van der Waals surface area contributed by atoms with Crippen LogP contribution in [0, 0.1) is 0 Å². The number of anilines is 2. The maximum absolute atomic E-state index is 10.0. The average Bonchev–Trinajstić information content (AvgIpc) is 3.02. The number of aromatic hydroxyl groups is 2. The summed E-state index contributed by atoms with van der Waals surface area (Å²) in [5.74, 6) is 0.556. The van der Waals surface area contributed by atoms with Crippen LogP contribution in [0.4, 0.5) is 11.8 Å². The molecule has 1 atom stereocenters. The van der Waals surface area contributed by atoms with E-state index in [2.05, 4.69) is 30.9 Å². The Balaban J connectivity index is 1.94. The number of phenolic OH excluding ortho intramolecular Hbond substituents is 2. The Morgan fingerprint density at radius 3 is 2.56 bits per heavy atom. The van der Waals surface area contributed by atoms with Crippen molar-refractivity contribution in [2.75, 3.05) is 17.2 Å². The number of phenols is 2. The highest BCUT2D eigenvalue weighted by molar-refractivity contribution is 6.30. The molecule has 0 bridgehead atoms. The van der Waals surface area contributed by atoms with Crippen LogP contribution in [0.15, 0.2) is 12.1 Å². The van der Waals surface area contributed by atoms with Crippen molar-refractivity contribution in [1.29, 1.82) is 0 Å². The van der Waals surface area contributed by atoms with E-state index >= 15 is 0 Å². The number of hydrogen-bond donors (Lipinski definition) is 5. The van der Waals surface area contributed by atoms with Crippen LogP contribution in [-0.4, -0.2) is 47.8 Å². The van der Waals surface area contributed by atoms with Crippen molar-refractivity contribution < 1.29 is 10.2 Å². The molecule has 10 nitrogen and oxygen atoms in total. The molecule has 144 valence electrons. The van der Waals surface area contributed by atoms with Gasteiger partial charge in [-0.2, -0.15) is 9.97 Å². The molecule has 0 saturated carbocycles. The zero-order valence-corrected chi connectivity index (χ0v) is 15.7. The van der Waals surface area contributed by atoms with Crippen molar-refractivity contribution in [1.82, 2.24) is 25.0 Å². The molecule has 0 radical (unpaired) electrons. The Morgan fingerprint density at radius 1 is 1.22 bits per heavy atom. The third-order valence-electron chi connectivity index (χ3n) is 3.84. The molecule has 0 amide bonds. The highest BCUT2D eigenvalue weighted by Crippen LogP contribution is 2.32. The van der Waals surface area contributed by atoms with Crippen molar-refractivity contribution in [2.24, 2.45) is 5.73 Å². The summed E-state index contributed by atoms with van der Waals surface area (Å²) < 4.78 is 1.65. The Bertz CT molecular complexity index is 936. The highest BCUT2D eigenvalue weighted by Gasteiger charge is 2.16. The van der Waals surface area contributed by atoms with Gasteiger partial charge in [-0.15, -0.1) is 5.10 Å². The van der Waals surface area contributed by atoms with Crippen molar-refractivity contribution in [3.63, 3.8) is 0 Å². The van der Waals surface area contributed by atoms with Gasteiger partial charge in [0.25, 0.3) is 0 Å². The molecule has 1 unspecified atom stereocenters. The first kappa shape index (κ1) is 18.9. The summed E-state index contributed by atoms with van der Waals surface area (Å²) in [6.45, 7) is 5.00. The lowest BCUT2D eigenvalue weighted by Gasteiger charge is -2.12.